The molecule has 0 amide bonds. The predicted molar refractivity (Wildman–Crippen MR) is 56.8 cm³/mol. The Bertz CT molecular complexity index is 161. The summed E-state index contributed by atoms with van der Waals surface area (Å²) in [5.41, 5.74) is 0. The van der Waals surface area contributed by atoms with E-state index in [2.05, 4.69) is 18.7 Å². The van der Waals surface area contributed by atoms with Crippen molar-refractivity contribution in [3.05, 3.63) is 0 Å². The van der Waals surface area contributed by atoms with Crippen molar-refractivity contribution in [1.29, 1.82) is 0 Å². The van der Waals surface area contributed by atoms with E-state index in [1.54, 1.807) is 6.42 Å². The molecule has 0 aromatic carbocycles. The summed E-state index contributed by atoms with van der Waals surface area (Å²) in [4.78, 5) is 2.76. The molecule has 76 valence electrons. The Morgan fingerprint density at radius 1 is 1.08 bits per heavy atom. The molecular formula is C12H23N. The summed E-state index contributed by atoms with van der Waals surface area (Å²) in [5.74, 6) is 2.25. The Kier molecular flexibility index (Phi) is 2.92. The van der Waals surface area contributed by atoms with Gasteiger partial charge in [0.2, 0.25) is 0 Å². The van der Waals surface area contributed by atoms with E-state index < -0.39 is 0 Å². The molecule has 1 heteroatoms. The van der Waals surface area contributed by atoms with Gasteiger partial charge in [-0.05, 0) is 57.0 Å². The smallest absolute Gasteiger partial charge is 0.0126 e. The van der Waals surface area contributed by atoms with Crippen LogP contribution in [0.5, 0.6) is 0 Å². The molecule has 2 rings (SSSR count). The molecule has 0 aromatic heterocycles. The van der Waals surface area contributed by atoms with Gasteiger partial charge in [-0.3, -0.25) is 0 Å². The van der Waals surface area contributed by atoms with Gasteiger partial charge in [-0.25, -0.2) is 0 Å². The molecule has 0 aromatic rings. The van der Waals surface area contributed by atoms with Gasteiger partial charge < -0.3 is 4.90 Å². The van der Waals surface area contributed by atoms with Gasteiger partial charge in [0.05, 0.1) is 0 Å². The zero-order valence-electron chi connectivity index (χ0n) is 9.13. The highest BCUT2D eigenvalue weighted by Crippen LogP contribution is 2.53. The van der Waals surface area contributed by atoms with E-state index in [0.29, 0.717) is 0 Å². The maximum absolute atomic E-state index is 2.76. The quantitative estimate of drug-likeness (QED) is 0.630. The molecule has 3 unspecified atom stereocenters. The van der Waals surface area contributed by atoms with Crippen LogP contribution in [0.3, 0.4) is 0 Å². The zero-order valence-corrected chi connectivity index (χ0v) is 9.13. The average Bonchev–Trinajstić information content (AvgIpc) is 2.78. The van der Waals surface area contributed by atoms with Crippen molar-refractivity contribution in [2.24, 2.45) is 11.8 Å². The maximum atomic E-state index is 2.76. The first-order valence-electron chi connectivity index (χ1n) is 6.10. The first-order chi connectivity index (χ1) is 6.36. The SMILES string of the molecule is CCCN(CCC)C1CCC2CC21. The van der Waals surface area contributed by atoms with Crippen LogP contribution in [0.1, 0.15) is 46.0 Å². The van der Waals surface area contributed by atoms with Crippen molar-refractivity contribution in [2.75, 3.05) is 13.1 Å². The first kappa shape index (κ1) is 9.51. The van der Waals surface area contributed by atoms with Crippen molar-refractivity contribution in [1.82, 2.24) is 4.90 Å². The Labute approximate surface area is 82.5 Å². The van der Waals surface area contributed by atoms with Crippen molar-refractivity contribution in [3.63, 3.8) is 0 Å². The number of fused-ring (bicyclic) bond motifs is 1. The number of hydrogen-bond donors (Lipinski definition) is 0. The lowest BCUT2D eigenvalue weighted by atomic mass is 10.1. The standard InChI is InChI=1S/C12H23N/c1-3-7-13(8-4-2)12-6-5-10-9-11(10)12/h10-12H,3-9H2,1-2H3. The van der Waals surface area contributed by atoms with Crippen LogP contribution < -0.4 is 0 Å². The van der Waals surface area contributed by atoms with Gasteiger partial charge in [-0.2, -0.15) is 0 Å². The Balaban J connectivity index is 1.86. The fraction of sp³-hybridized carbons (Fsp3) is 1.00. The lowest BCUT2D eigenvalue weighted by molar-refractivity contribution is 0.181. The molecule has 0 bridgehead atoms. The van der Waals surface area contributed by atoms with E-state index in [1.165, 1.54) is 38.8 Å². The van der Waals surface area contributed by atoms with Gasteiger partial charge in [0.15, 0.2) is 0 Å². The normalized spacial score (nSPS) is 36.7. The molecule has 0 saturated heterocycles. The lowest BCUT2D eigenvalue weighted by Gasteiger charge is -2.29. The van der Waals surface area contributed by atoms with E-state index in [9.17, 15) is 0 Å². The van der Waals surface area contributed by atoms with Gasteiger partial charge in [0.1, 0.15) is 0 Å². The highest BCUT2D eigenvalue weighted by atomic mass is 15.2. The van der Waals surface area contributed by atoms with Crippen molar-refractivity contribution < 1.29 is 0 Å². The summed E-state index contributed by atoms with van der Waals surface area (Å²) in [5, 5.41) is 0. The molecule has 2 aliphatic carbocycles. The van der Waals surface area contributed by atoms with Crippen LogP contribution in [0.2, 0.25) is 0 Å². The average molecular weight is 181 g/mol. The molecule has 2 fully saturated rings. The molecule has 0 radical (unpaired) electrons. The minimum atomic E-state index is 0.977. The second kappa shape index (κ2) is 4.00. The van der Waals surface area contributed by atoms with Gasteiger partial charge >= 0.3 is 0 Å². The summed E-state index contributed by atoms with van der Waals surface area (Å²) < 4.78 is 0. The third-order valence-electron chi connectivity index (χ3n) is 3.80. The predicted octanol–water partition coefficient (Wildman–Crippen LogP) is 2.91. The van der Waals surface area contributed by atoms with E-state index in [4.69, 9.17) is 0 Å². The number of hydrogen-bond acceptors (Lipinski definition) is 1. The monoisotopic (exact) mass is 181 g/mol. The minimum absolute atomic E-state index is 0.977. The lowest BCUT2D eigenvalue weighted by Crippen LogP contribution is -2.36. The summed E-state index contributed by atoms with van der Waals surface area (Å²) in [6.45, 7) is 7.29. The van der Waals surface area contributed by atoms with Gasteiger partial charge in [-0.1, -0.05) is 13.8 Å². The van der Waals surface area contributed by atoms with Crippen molar-refractivity contribution in [2.45, 2.75) is 52.0 Å². The van der Waals surface area contributed by atoms with Crippen LogP contribution in [-0.2, 0) is 0 Å². The number of rotatable bonds is 5. The molecule has 0 aliphatic heterocycles. The highest BCUT2D eigenvalue weighted by Gasteiger charge is 2.49. The molecule has 0 N–H and O–H groups in total. The van der Waals surface area contributed by atoms with Gasteiger partial charge in [0, 0.05) is 6.04 Å². The third-order valence-corrected chi connectivity index (χ3v) is 3.80. The summed E-state index contributed by atoms with van der Waals surface area (Å²) in [6.07, 6.45) is 7.23. The van der Waals surface area contributed by atoms with Gasteiger partial charge in [-0.15, -0.1) is 0 Å². The van der Waals surface area contributed by atoms with Crippen molar-refractivity contribution >= 4 is 0 Å². The molecule has 0 spiro atoms. The second-order valence-corrected chi connectivity index (χ2v) is 4.84. The Morgan fingerprint density at radius 3 is 2.15 bits per heavy atom. The summed E-state index contributed by atoms with van der Waals surface area (Å²) in [7, 11) is 0. The van der Waals surface area contributed by atoms with Crippen LogP contribution in [0.25, 0.3) is 0 Å². The highest BCUT2D eigenvalue weighted by molar-refractivity contribution is 5.02. The largest absolute Gasteiger partial charge is 0.300 e. The summed E-state index contributed by atoms with van der Waals surface area (Å²) in [6, 6.07) is 0.977. The van der Waals surface area contributed by atoms with E-state index in [-0.39, 0.29) is 0 Å². The minimum Gasteiger partial charge on any atom is -0.300 e. The maximum Gasteiger partial charge on any atom is 0.0126 e. The van der Waals surface area contributed by atoms with Crippen LogP contribution in [-0.4, -0.2) is 24.0 Å². The Morgan fingerprint density at radius 2 is 1.77 bits per heavy atom. The van der Waals surface area contributed by atoms with Crippen molar-refractivity contribution in [3.8, 4) is 0 Å². The first-order valence-corrected chi connectivity index (χ1v) is 6.10. The molecular weight excluding hydrogens is 158 g/mol. The third kappa shape index (κ3) is 1.90. The van der Waals surface area contributed by atoms with Crippen LogP contribution in [0, 0.1) is 11.8 Å². The summed E-state index contributed by atoms with van der Waals surface area (Å²) >= 11 is 0. The van der Waals surface area contributed by atoms with Crippen LogP contribution >= 0.6 is 0 Å². The van der Waals surface area contributed by atoms with Crippen LogP contribution in [0.15, 0.2) is 0 Å². The van der Waals surface area contributed by atoms with Crippen LogP contribution in [0.4, 0.5) is 0 Å². The van der Waals surface area contributed by atoms with E-state index in [0.717, 1.165) is 17.9 Å². The fourth-order valence-corrected chi connectivity index (χ4v) is 3.14. The topological polar surface area (TPSA) is 3.24 Å². The fourth-order valence-electron chi connectivity index (χ4n) is 3.14. The Hall–Kier alpha value is -0.0400. The molecule has 1 nitrogen and oxygen atoms in total. The molecule has 2 aliphatic rings. The molecule has 13 heavy (non-hydrogen) atoms. The second-order valence-electron chi connectivity index (χ2n) is 4.84. The molecule has 3 atom stereocenters. The van der Waals surface area contributed by atoms with E-state index in [1.807, 2.05) is 0 Å². The molecule has 0 heterocycles. The van der Waals surface area contributed by atoms with Gasteiger partial charge in [0.25, 0.3) is 0 Å². The number of nitrogens with zero attached hydrogens (tertiary/aromatic N) is 1. The zero-order chi connectivity index (χ0) is 9.26. The van der Waals surface area contributed by atoms with E-state index >= 15 is 0 Å². The molecule has 2 saturated carbocycles.